The molecule has 1 nitrogen and oxygen atoms in total. The smallest absolute Gasteiger partial charge is 0.248 e. The molecule has 0 bridgehead atoms. The number of hydrogen-bond donors (Lipinski definition) is 0. The first-order chi connectivity index (χ1) is 25.3. The third-order valence-electron chi connectivity index (χ3n) is 10.9. The van der Waals surface area contributed by atoms with Crippen LogP contribution in [0.3, 0.4) is 0 Å². The number of rotatable bonds is 4. The Kier molecular flexibility index (Phi) is 6.28. The third-order valence-corrected chi connectivity index (χ3v) is 12.0. The molecular weight excluding hydrogens is 633 g/mol. The van der Waals surface area contributed by atoms with Crippen LogP contribution in [0.25, 0.3) is 64.7 Å². The largest absolute Gasteiger partial charge is 0.311 e. The second kappa shape index (κ2) is 11.2. The summed E-state index contributed by atoms with van der Waals surface area (Å²) >= 11 is 1.88. The molecule has 2 aliphatic rings. The molecule has 0 atom stereocenters. The molecule has 0 saturated heterocycles. The minimum Gasteiger partial charge on any atom is -0.311 e. The molecule has 0 spiro atoms. The number of fused-ring (bicyclic) bond motifs is 8. The first kappa shape index (κ1) is 28.7. The highest BCUT2D eigenvalue weighted by atomic mass is 32.1. The quantitative estimate of drug-likeness (QED) is 0.169. The highest BCUT2D eigenvalue weighted by Crippen LogP contribution is 2.46. The molecule has 0 saturated carbocycles. The van der Waals surface area contributed by atoms with Gasteiger partial charge in [0.05, 0.1) is 0 Å². The molecule has 11 rings (SSSR count). The molecule has 0 unspecified atom stereocenters. The molecule has 8 aromatic carbocycles. The Balaban J connectivity index is 1.23. The maximum absolute atomic E-state index is 2.55. The van der Waals surface area contributed by atoms with Crippen molar-refractivity contribution in [1.82, 2.24) is 0 Å². The summed E-state index contributed by atoms with van der Waals surface area (Å²) in [5.41, 5.74) is 17.9. The zero-order chi connectivity index (χ0) is 33.5. The molecule has 1 aromatic heterocycles. The van der Waals surface area contributed by atoms with E-state index < -0.39 is 0 Å². The third kappa shape index (κ3) is 4.35. The van der Waals surface area contributed by atoms with Gasteiger partial charge >= 0.3 is 0 Å². The van der Waals surface area contributed by atoms with Crippen LogP contribution in [0.15, 0.2) is 182 Å². The van der Waals surface area contributed by atoms with E-state index in [4.69, 9.17) is 0 Å². The van der Waals surface area contributed by atoms with Crippen LogP contribution >= 0.6 is 11.3 Å². The van der Waals surface area contributed by atoms with E-state index >= 15 is 0 Å². The number of hydrogen-bond acceptors (Lipinski definition) is 2. The van der Waals surface area contributed by atoms with Gasteiger partial charge in [-0.1, -0.05) is 145 Å². The van der Waals surface area contributed by atoms with Crippen LogP contribution in [0.1, 0.15) is 0 Å². The Morgan fingerprint density at radius 2 is 1.04 bits per heavy atom. The van der Waals surface area contributed by atoms with Crippen molar-refractivity contribution in [1.29, 1.82) is 0 Å². The van der Waals surface area contributed by atoms with Crippen LogP contribution in [0.4, 0.5) is 17.1 Å². The standard InChI is InChI=1S/C48H30BNS/c1-3-13-31(14-4-1)33-17-11-18-36(27-33)50-43-29-34(32-15-5-2-6-16-32)25-26-42(43)49-41-22-9-7-19-38(41)40-28-35(30-44(50)48(40)49)37-21-12-24-46-47(37)39-20-8-10-23-45(39)51-46/h1-30H. The number of anilines is 3. The minimum absolute atomic E-state index is 0.159. The molecule has 236 valence electrons. The van der Waals surface area contributed by atoms with Gasteiger partial charge in [-0.3, -0.25) is 0 Å². The van der Waals surface area contributed by atoms with Crippen molar-refractivity contribution in [2.45, 2.75) is 0 Å². The summed E-state index contributed by atoms with van der Waals surface area (Å²) in [5.74, 6) is 0. The van der Waals surface area contributed by atoms with Crippen molar-refractivity contribution >= 4 is 71.7 Å². The Hall–Kier alpha value is -6.16. The second-order valence-electron chi connectivity index (χ2n) is 13.6. The van der Waals surface area contributed by atoms with Crippen LogP contribution in [0.5, 0.6) is 0 Å². The minimum atomic E-state index is 0.159. The molecule has 0 fully saturated rings. The molecule has 9 aromatic rings. The monoisotopic (exact) mass is 663 g/mol. The highest BCUT2D eigenvalue weighted by Gasteiger charge is 2.43. The summed E-state index contributed by atoms with van der Waals surface area (Å²) in [6.45, 7) is 0.159. The number of nitrogens with zero attached hydrogens (tertiary/aromatic N) is 1. The van der Waals surface area contributed by atoms with Gasteiger partial charge in [-0.2, -0.15) is 0 Å². The van der Waals surface area contributed by atoms with Crippen LogP contribution in [-0.4, -0.2) is 6.71 Å². The molecule has 3 heteroatoms. The van der Waals surface area contributed by atoms with Gasteiger partial charge in [-0.05, 0) is 97.9 Å². The zero-order valence-corrected chi connectivity index (χ0v) is 28.6. The summed E-state index contributed by atoms with van der Waals surface area (Å²) in [6.07, 6.45) is 0. The summed E-state index contributed by atoms with van der Waals surface area (Å²) in [4.78, 5) is 2.55. The van der Waals surface area contributed by atoms with E-state index in [-0.39, 0.29) is 6.71 Å². The van der Waals surface area contributed by atoms with Gasteiger partial charge in [-0.15, -0.1) is 11.3 Å². The Morgan fingerprint density at radius 3 is 1.88 bits per heavy atom. The molecular formula is C48H30BNS. The SMILES string of the molecule is c1ccc(-c2cccc(N3c4cc(-c5ccccc5)ccc4B4c5ccccc5-c5cc(-c6cccc7sc8ccccc8c67)cc3c54)c2)cc1. The van der Waals surface area contributed by atoms with Crippen molar-refractivity contribution in [3.8, 4) is 44.5 Å². The lowest BCUT2D eigenvalue weighted by Gasteiger charge is -2.37. The second-order valence-corrected chi connectivity index (χ2v) is 14.7. The van der Waals surface area contributed by atoms with Crippen LogP contribution in [0.2, 0.25) is 0 Å². The van der Waals surface area contributed by atoms with Crippen molar-refractivity contribution in [3.63, 3.8) is 0 Å². The molecule has 0 amide bonds. The van der Waals surface area contributed by atoms with Gasteiger partial charge in [0.15, 0.2) is 0 Å². The predicted molar refractivity (Wildman–Crippen MR) is 220 cm³/mol. The lowest BCUT2D eigenvalue weighted by Crippen LogP contribution is -2.54. The fourth-order valence-electron chi connectivity index (χ4n) is 8.65. The summed E-state index contributed by atoms with van der Waals surface area (Å²) in [5, 5.41) is 2.67. The van der Waals surface area contributed by atoms with Crippen molar-refractivity contribution < 1.29 is 0 Å². The van der Waals surface area contributed by atoms with E-state index in [0.29, 0.717) is 0 Å². The molecule has 0 radical (unpaired) electrons. The maximum atomic E-state index is 2.55. The molecule has 51 heavy (non-hydrogen) atoms. The lowest BCUT2D eigenvalue weighted by molar-refractivity contribution is 1.30. The zero-order valence-electron chi connectivity index (χ0n) is 27.8. The van der Waals surface area contributed by atoms with Crippen molar-refractivity contribution in [2.75, 3.05) is 4.90 Å². The average molecular weight is 664 g/mol. The summed E-state index contributed by atoms with van der Waals surface area (Å²) in [7, 11) is 0. The predicted octanol–water partition coefficient (Wildman–Crippen LogP) is 11.3. The fraction of sp³-hybridized carbons (Fsp3) is 0. The molecule has 3 heterocycles. The maximum Gasteiger partial charge on any atom is 0.248 e. The first-order valence-corrected chi connectivity index (χ1v) is 18.4. The van der Waals surface area contributed by atoms with Crippen LogP contribution in [-0.2, 0) is 0 Å². The van der Waals surface area contributed by atoms with E-state index in [1.807, 2.05) is 11.3 Å². The van der Waals surface area contributed by atoms with Gasteiger partial charge in [0.2, 0.25) is 6.71 Å². The van der Waals surface area contributed by atoms with Crippen molar-refractivity contribution in [2.24, 2.45) is 0 Å². The Morgan fingerprint density at radius 1 is 0.392 bits per heavy atom. The van der Waals surface area contributed by atoms with E-state index in [1.54, 1.807) is 0 Å². The Bertz CT molecular complexity index is 2820. The molecule has 2 aliphatic heterocycles. The van der Waals surface area contributed by atoms with E-state index in [9.17, 15) is 0 Å². The lowest BCUT2D eigenvalue weighted by atomic mass is 9.37. The van der Waals surface area contributed by atoms with Crippen LogP contribution < -0.4 is 21.3 Å². The Labute approximate surface area is 301 Å². The van der Waals surface area contributed by atoms with Gasteiger partial charge in [0, 0.05) is 37.2 Å². The van der Waals surface area contributed by atoms with E-state index in [1.165, 1.54) is 92.4 Å². The fourth-order valence-corrected chi connectivity index (χ4v) is 9.78. The van der Waals surface area contributed by atoms with Crippen molar-refractivity contribution in [3.05, 3.63) is 182 Å². The number of thiophene rings is 1. The van der Waals surface area contributed by atoms with Gasteiger partial charge in [0.25, 0.3) is 0 Å². The van der Waals surface area contributed by atoms with Crippen LogP contribution in [0, 0.1) is 0 Å². The van der Waals surface area contributed by atoms with Gasteiger partial charge in [-0.25, -0.2) is 0 Å². The van der Waals surface area contributed by atoms with Gasteiger partial charge < -0.3 is 4.90 Å². The van der Waals surface area contributed by atoms with Gasteiger partial charge in [0.1, 0.15) is 0 Å². The summed E-state index contributed by atoms with van der Waals surface area (Å²) < 4.78 is 2.65. The normalized spacial score (nSPS) is 12.6. The number of benzene rings is 8. The molecule has 0 aliphatic carbocycles. The average Bonchev–Trinajstić information content (AvgIpc) is 3.75. The molecule has 0 N–H and O–H groups in total. The summed E-state index contributed by atoms with van der Waals surface area (Å²) in [6, 6.07) is 67.4. The first-order valence-electron chi connectivity index (χ1n) is 17.6. The van der Waals surface area contributed by atoms with E-state index in [2.05, 4.69) is 187 Å². The van der Waals surface area contributed by atoms with E-state index in [0.717, 1.165) is 5.69 Å². The topological polar surface area (TPSA) is 3.24 Å². The highest BCUT2D eigenvalue weighted by molar-refractivity contribution is 7.26.